The first-order valence-corrected chi connectivity index (χ1v) is 14.5. The molecule has 240 valence electrons. The minimum absolute atomic E-state index is 0.0530. The van der Waals surface area contributed by atoms with Crippen LogP contribution in [0.2, 0.25) is 0 Å². The Morgan fingerprint density at radius 3 is 1.87 bits per heavy atom. The van der Waals surface area contributed by atoms with Crippen LogP contribution >= 0.6 is 0 Å². The fraction of sp³-hybridized carbons (Fsp3) is 0.500. The number of rotatable bonds is 8. The third-order valence-electron chi connectivity index (χ3n) is 9.62. The van der Waals surface area contributed by atoms with Gasteiger partial charge in [-0.05, 0) is 57.7 Å². The van der Waals surface area contributed by atoms with Crippen molar-refractivity contribution in [2.75, 3.05) is 6.61 Å². The Kier molecular flexibility index (Phi) is 7.44. The van der Waals surface area contributed by atoms with E-state index in [9.17, 15) is 24.3 Å². The zero-order chi connectivity index (χ0) is 32.2. The molecular weight excluding hydrogens is 592 g/mol. The average molecular weight is 627 g/mol. The van der Waals surface area contributed by atoms with Gasteiger partial charge in [-0.25, -0.2) is 14.4 Å². The van der Waals surface area contributed by atoms with Crippen molar-refractivity contribution in [2.45, 2.75) is 82.1 Å². The van der Waals surface area contributed by atoms with Crippen LogP contribution in [-0.2, 0) is 28.5 Å². The van der Waals surface area contributed by atoms with E-state index in [1.165, 1.54) is 69.6 Å². The molecule has 0 aromatic carbocycles. The Bertz CT molecular complexity index is 1550. The van der Waals surface area contributed by atoms with Gasteiger partial charge in [0.15, 0.2) is 6.10 Å². The SMILES string of the molecule is CC(=O)OCC12C(OC(=O)c3ccoc3)CC3CC1(OC3(C)C)C(C)(O)CC(OC(=O)c1ccoc1)C2OC(=O)c1ccoc1. The highest BCUT2D eigenvalue weighted by atomic mass is 16.6. The molecule has 2 saturated carbocycles. The molecule has 6 rings (SSSR count). The summed E-state index contributed by atoms with van der Waals surface area (Å²) >= 11 is 0. The van der Waals surface area contributed by atoms with Gasteiger partial charge >= 0.3 is 23.9 Å². The third-order valence-corrected chi connectivity index (χ3v) is 9.62. The molecule has 1 N–H and O–H groups in total. The molecule has 3 aromatic rings. The quantitative estimate of drug-likeness (QED) is 0.280. The van der Waals surface area contributed by atoms with Gasteiger partial charge in [-0.2, -0.15) is 0 Å². The van der Waals surface area contributed by atoms with Crippen LogP contribution in [0.5, 0.6) is 0 Å². The maximum absolute atomic E-state index is 13.6. The van der Waals surface area contributed by atoms with Crippen molar-refractivity contribution in [2.24, 2.45) is 11.3 Å². The van der Waals surface area contributed by atoms with Crippen LogP contribution in [0, 0.1) is 11.3 Å². The van der Waals surface area contributed by atoms with E-state index in [0.29, 0.717) is 0 Å². The van der Waals surface area contributed by atoms with Crippen molar-refractivity contribution in [3.8, 4) is 0 Å². The lowest BCUT2D eigenvalue weighted by Crippen LogP contribution is -2.79. The summed E-state index contributed by atoms with van der Waals surface area (Å²) in [6.07, 6.45) is 3.68. The Balaban J connectivity index is 1.55. The van der Waals surface area contributed by atoms with E-state index in [4.69, 9.17) is 36.9 Å². The van der Waals surface area contributed by atoms with Crippen LogP contribution in [0.3, 0.4) is 0 Å². The monoisotopic (exact) mass is 626 g/mol. The Labute approximate surface area is 257 Å². The minimum atomic E-state index is -1.79. The summed E-state index contributed by atoms with van der Waals surface area (Å²) in [5, 5.41) is 12.4. The maximum Gasteiger partial charge on any atom is 0.341 e. The first-order chi connectivity index (χ1) is 21.3. The number of hydrogen-bond donors (Lipinski definition) is 1. The lowest BCUT2D eigenvalue weighted by molar-refractivity contribution is -0.333. The second-order valence-corrected chi connectivity index (χ2v) is 12.7. The Morgan fingerprint density at radius 1 is 0.822 bits per heavy atom. The van der Waals surface area contributed by atoms with Crippen molar-refractivity contribution in [1.82, 2.24) is 0 Å². The predicted molar refractivity (Wildman–Crippen MR) is 149 cm³/mol. The van der Waals surface area contributed by atoms with Crippen molar-refractivity contribution in [3.05, 3.63) is 72.5 Å². The zero-order valence-corrected chi connectivity index (χ0v) is 25.2. The van der Waals surface area contributed by atoms with Crippen molar-refractivity contribution in [3.63, 3.8) is 0 Å². The number of hydrogen-bond acceptors (Lipinski definition) is 13. The number of ether oxygens (including phenoxy) is 5. The summed E-state index contributed by atoms with van der Waals surface area (Å²) < 4.78 is 46.1. The Hall–Kier alpha value is -4.36. The number of furan rings is 3. The molecule has 7 atom stereocenters. The highest BCUT2D eigenvalue weighted by Crippen LogP contribution is 2.68. The molecule has 0 radical (unpaired) electrons. The molecule has 13 nitrogen and oxygen atoms in total. The summed E-state index contributed by atoms with van der Waals surface area (Å²) in [7, 11) is 0. The van der Waals surface area contributed by atoms with Crippen LogP contribution < -0.4 is 0 Å². The van der Waals surface area contributed by atoms with Gasteiger partial charge in [0.2, 0.25) is 0 Å². The molecule has 13 heteroatoms. The minimum Gasteiger partial charge on any atom is -0.472 e. The van der Waals surface area contributed by atoms with Gasteiger partial charge in [-0.1, -0.05) is 0 Å². The van der Waals surface area contributed by atoms with Crippen LogP contribution in [0.1, 0.15) is 78.0 Å². The van der Waals surface area contributed by atoms with Crippen LogP contribution in [-0.4, -0.2) is 70.7 Å². The molecular formula is C32H34O13. The van der Waals surface area contributed by atoms with E-state index >= 15 is 0 Å². The first kappa shape index (κ1) is 30.7. The van der Waals surface area contributed by atoms with E-state index < -0.39 is 71.0 Å². The molecule has 4 heterocycles. The van der Waals surface area contributed by atoms with E-state index in [-0.39, 0.29) is 41.9 Å². The number of esters is 4. The highest BCUT2D eigenvalue weighted by molar-refractivity contribution is 5.90. The van der Waals surface area contributed by atoms with E-state index in [0.717, 1.165) is 0 Å². The van der Waals surface area contributed by atoms with Crippen LogP contribution in [0.4, 0.5) is 0 Å². The van der Waals surface area contributed by atoms with Gasteiger partial charge in [-0.15, -0.1) is 0 Å². The lowest BCUT2D eigenvalue weighted by Gasteiger charge is -2.64. The van der Waals surface area contributed by atoms with Gasteiger partial charge in [0.25, 0.3) is 0 Å². The topological polar surface area (TPSA) is 174 Å². The number of aliphatic hydroxyl groups is 1. The summed E-state index contributed by atoms with van der Waals surface area (Å²) in [5.41, 5.74) is -5.82. The second-order valence-electron chi connectivity index (χ2n) is 12.7. The number of fused-ring (bicyclic) bond motifs is 1. The molecule has 7 unspecified atom stereocenters. The standard InChI is InChI=1S/C32H34O13/c1-18(33)41-17-31-24(43-27(35)20-6-9-39-15-20)11-22-12-32(31,45-29(22,2)3)30(4,37)13-23(42-26(34)19-5-8-38-14-19)25(31)44-28(36)21-7-10-40-16-21/h5-10,14-16,22-25,37H,11-13,17H2,1-4H3. The third kappa shape index (κ3) is 4.94. The van der Waals surface area contributed by atoms with Gasteiger partial charge in [0, 0.05) is 13.3 Å². The molecule has 3 fully saturated rings. The summed E-state index contributed by atoms with van der Waals surface area (Å²) in [6, 6.07) is 4.22. The number of carbonyl (C=O) groups is 4. The van der Waals surface area contributed by atoms with Crippen molar-refractivity contribution in [1.29, 1.82) is 0 Å². The molecule has 2 bridgehead atoms. The molecule has 2 aliphatic carbocycles. The lowest BCUT2D eigenvalue weighted by atomic mass is 9.47. The number of carbonyl (C=O) groups excluding carboxylic acids is 4. The van der Waals surface area contributed by atoms with Crippen molar-refractivity contribution >= 4 is 23.9 Å². The highest BCUT2D eigenvalue weighted by Gasteiger charge is 2.81. The molecule has 1 spiro atoms. The molecule has 0 amide bonds. The fourth-order valence-corrected chi connectivity index (χ4v) is 7.47. The smallest absolute Gasteiger partial charge is 0.341 e. The fourth-order valence-electron chi connectivity index (χ4n) is 7.47. The van der Waals surface area contributed by atoms with E-state index in [1.54, 1.807) is 0 Å². The molecule has 1 aliphatic heterocycles. The maximum atomic E-state index is 13.6. The second kappa shape index (κ2) is 10.9. The molecule has 1 saturated heterocycles. The summed E-state index contributed by atoms with van der Waals surface area (Å²) in [4.78, 5) is 52.9. The van der Waals surface area contributed by atoms with E-state index in [1.807, 2.05) is 13.8 Å². The van der Waals surface area contributed by atoms with Crippen LogP contribution in [0.15, 0.2) is 69.0 Å². The van der Waals surface area contributed by atoms with Gasteiger partial charge in [0.1, 0.15) is 48.6 Å². The van der Waals surface area contributed by atoms with Crippen LogP contribution in [0.25, 0.3) is 0 Å². The Morgan fingerprint density at radius 2 is 1.36 bits per heavy atom. The molecule has 3 aromatic heterocycles. The first-order valence-electron chi connectivity index (χ1n) is 14.5. The molecule has 45 heavy (non-hydrogen) atoms. The van der Waals surface area contributed by atoms with E-state index in [2.05, 4.69) is 0 Å². The van der Waals surface area contributed by atoms with Crippen molar-refractivity contribution < 1.29 is 61.2 Å². The summed E-state index contributed by atoms with van der Waals surface area (Å²) in [5.74, 6) is -3.36. The van der Waals surface area contributed by atoms with Gasteiger partial charge in [0.05, 0.1) is 46.7 Å². The molecule has 3 aliphatic rings. The summed E-state index contributed by atoms with van der Waals surface area (Å²) in [6.45, 7) is 5.92. The average Bonchev–Trinajstić information content (AvgIpc) is 3.79. The normalized spacial score (nSPS) is 33.1. The van der Waals surface area contributed by atoms with Gasteiger partial charge < -0.3 is 42.0 Å². The van der Waals surface area contributed by atoms with Gasteiger partial charge in [-0.3, -0.25) is 4.79 Å². The predicted octanol–water partition coefficient (Wildman–Crippen LogP) is 4.10. The zero-order valence-electron chi connectivity index (χ0n) is 25.2. The largest absolute Gasteiger partial charge is 0.472 e.